The molecule has 1 unspecified atom stereocenters. The molecule has 1 N–H and O–H groups in total. The summed E-state index contributed by atoms with van der Waals surface area (Å²) in [5, 5.41) is 6.09. The highest BCUT2D eigenvalue weighted by molar-refractivity contribution is 6.20. The molecular formula is C31H37N2O4+. The van der Waals surface area contributed by atoms with Crippen molar-refractivity contribution in [2.24, 2.45) is 0 Å². The van der Waals surface area contributed by atoms with E-state index in [1.807, 2.05) is 0 Å². The van der Waals surface area contributed by atoms with E-state index in [0.29, 0.717) is 46.2 Å². The van der Waals surface area contributed by atoms with Crippen LogP contribution in [0.2, 0.25) is 0 Å². The van der Waals surface area contributed by atoms with Crippen LogP contribution in [0.25, 0.3) is 16.8 Å². The van der Waals surface area contributed by atoms with Gasteiger partial charge in [-0.3, -0.25) is 0 Å². The van der Waals surface area contributed by atoms with Gasteiger partial charge in [0.1, 0.15) is 6.54 Å². The number of nitrogens with zero attached hydrogens (tertiary/aromatic N) is 1. The van der Waals surface area contributed by atoms with E-state index in [-0.39, 0.29) is 6.10 Å². The van der Waals surface area contributed by atoms with Gasteiger partial charge in [-0.1, -0.05) is 48.5 Å². The van der Waals surface area contributed by atoms with Gasteiger partial charge in [-0.15, -0.1) is 0 Å². The molecule has 3 aromatic carbocycles. The molecule has 2 aliphatic heterocycles. The molecular weight excluding hydrogens is 464 g/mol. The highest BCUT2D eigenvalue weighted by Gasteiger charge is 2.28. The van der Waals surface area contributed by atoms with Crippen LogP contribution in [0.15, 0.2) is 66.7 Å². The lowest BCUT2D eigenvalue weighted by molar-refractivity contribution is -0.430. The lowest BCUT2D eigenvalue weighted by atomic mass is 10.0. The zero-order valence-electron chi connectivity index (χ0n) is 21.7. The van der Waals surface area contributed by atoms with Crippen LogP contribution in [0.1, 0.15) is 29.7 Å². The smallest absolute Gasteiger partial charge is 0.214 e. The third kappa shape index (κ3) is 6.35. The number of ether oxygens (including phenoxy) is 4. The Balaban J connectivity index is 1.28. The second-order valence-corrected chi connectivity index (χ2v) is 9.21. The Kier molecular flexibility index (Phi) is 9.11. The maximum atomic E-state index is 6.18. The fourth-order valence-electron chi connectivity index (χ4n) is 4.99. The maximum Gasteiger partial charge on any atom is 0.214 e. The molecule has 37 heavy (non-hydrogen) atoms. The normalized spacial score (nSPS) is 20.3. The van der Waals surface area contributed by atoms with E-state index >= 15 is 0 Å². The van der Waals surface area contributed by atoms with Gasteiger partial charge in [0.05, 0.1) is 63.3 Å². The molecule has 0 bridgehead atoms. The molecule has 3 aromatic rings. The Morgan fingerprint density at radius 2 is 1.51 bits per heavy atom. The van der Waals surface area contributed by atoms with Crippen molar-refractivity contribution in [2.75, 3.05) is 65.9 Å². The van der Waals surface area contributed by atoms with Gasteiger partial charge in [-0.25, -0.2) is 0 Å². The van der Waals surface area contributed by atoms with Crippen molar-refractivity contribution in [3.8, 4) is 0 Å². The van der Waals surface area contributed by atoms with Crippen LogP contribution in [0, 0.1) is 0 Å². The SMILES string of the molecule is CC[N+]1=C(/C=C/c2ccc(C3CNCCOCCOCCOCCO3)cc2)c2cccc3cccc1c23. The van der Waals surface area contributed by atoms with E-state index in [0.717, 1.165) is 30.8 Å². The standard InChI is InChI=1S/C31H37N2O4/c1-2-33-28(27-7-3-5-26-6-4-8-29(33)31(26)27)14-11-24-9-12-25(13-10-24)30-23-32-15-16-34-17-18-35-19-20-36-21-22-37-30/h3-14,30,32H,2,15-23H2,1H3/q+1/b14-11+. The van der Waals surface area contributed by atoms with Crippen LogP contribution < -0.4 is 5.32 Å². The van der Waals surface area contributed by atoms with Crippen molar-refractivity contribution in [2.45, 2.75) is 13.0 Å². The minimum absolute atomic E-state index is 0.0464. The Morgan fingerprint density at radius 1 is 0.811 bits per heavy atom. The van der Waals surface area contributed by atoms with Crippen molar-refractivity contribution in [1.82, 2.24) is 5.32 Å². The van der Waals surface area contributed by atoms with Crippen molar-refractivity contribution < 1.29 is 23.5 Å². The lowest BCUT2D eigenvalue weighted by Gasteiger charge is -2.19. The van der Waals surface area contributed by atoms with Crippen LogP contribution in [0.4, 0.5) is 5.69 Å². The Morgan fingerprint density at radius 3 is 2.27 bits per heavy atom. The van der Waals surface area contributed by atoms with Crippen molar-refractivity contribution in [1.29, 1.82) is 0 Å². The molecule has 2 heterocycles. The molecule has 6 nitrogen and oxygen atoms in total. The van der Waals surface area contributed by atoms with E-state index in [1.54, 1.807) is 0 Å². The van der Waals surface area contributed by atoms with Gasteiger partial charge in [0.2, 0.25) is 11.4 Å². The number of rotatable bonds is 4. The maximum absolute atomic E-state index is 6.18. The first-order valence-corrected chi connectivity index (χ1v) is 13.4. The van der Waals surface area contributed by atoms with Gasteiger partial charge in [0.15, 0.2) is 0 Å². The van der Waals surface area contributed by atoms with E-state index in [1.165, 1.54) is 27.7 Å². The number of allylic oxidation sites excluding steroid dienone is 1. The summed E-state index contributed by atoms with van der Waals surface area (Å²) < 4.78 is 25.3. The van der Waals surface area contributed by atoms with Gasteiger partial charge in [-0.2, -0.15) is 4.58 Å². The quantitative estimate of drug-likeness (QED) is 0.524. The molecule has 0 aliphatic carbocycles. The Hall–Kier alpha value is -2.87. The molecule has 1 fully saturated rings. The molecule has 1 atom stereocenters. The third-order valence-corrected chi connectivity index (χ3v) is 6.84. The fraction of sp³-hybridized carbons (Fsp3) is 0.387. The van der Waals surface area contributed by atoms with Crippen LogP contribution in [0.3, 0.4) is 0 Å². The Bertz CT molecular complexity index is 1210. The van der Waals surface area contributed by atoms with E-state index in [9.17, 15) is 0 Å². The first-order chi connectivity index (χ1) is 18.3. The average Bonchev–Trinajstić information content (AvgIpc) is 3.24. The number of hydrogen-bond donors (Lipinski definition) is 1. The van der Waals surface area contributed by atoms with Gasteiger partial charge >= 0.3 is 0 Å². The van der Waals surface area contributed by atoms with E-state index in [4.69, 9.17) is 18.9 Å². The minimum atomic E-state index is -0.0464. The second kappa shape index (κ2) is 13.1. The molecule has 0 radical (unpaired) electrons. The third-order valence-electron chi connectivity index (χ3n) is 6.84. The molecule has 194 valence electrons. The lowest BCUT2D eigenvalue weighted by Crippen LogP contribution is -2.27. The largest absolute Gasteiger partial charge is 0.378 e. The van der Waals surface area contributed by atoms with Gasteiger partial charge in [0, 0.05) is 25.2 Å². The van der Waals surface area contributed by atoms with E-state index < -0.39 is 0 Å². The van der Waals surface area contributed by atoms with E-state index in [2.05, 4.69) is 89.6 Å². The summed E-state index contributed by atoms with van der Waals surface area (Å²) in [4.78, 5) is 0. The van der Waals surface area contributed by atoms with Gasteiger partial charge in [0.25, 0.3) is 0 Å². The molecule has 0 aromatic heterocycles. The predicted octanol–water partition coefficient (Wildman–Crippen LogP) is 4.73. The average molecular weight is 502 g/mol. The summed E-state index contributed by atoms with van der Waals surface area (Å²) in [7, 11) is 0. The summed E-state index contributed by atoms with van der Waals surface area (Å²) in [6.07, 6.45) is 4.40. The highest BCUT2D eigenvalue weighted by Crippen LogP contribution is 2.35. The van der Waals surface area contributed by atoms with Crippen LogP contribution in [-0.2, 0) is 18.9 Å². The number of nitrogens with one attached hydrogen (secondary N) is 1. The number of benzene rings is 3. The molecule has 0 amide bonds. The first-order valence-electron chi connectivity index (χ1n) is 13.4. The van der Waals surface area contributed by atoms with Crippen LogP contribution in [0.5, 0.6) is 0 Å². The topological polar surface area (TPSA) is 52.0 Å². The predicted molar refractivity (Wildman–Crippen MR) is 148 cm³/mol. The zero-order chi connectivity index (χ0) is 25.3. The monoisotopic (exact) mass is 501 g/mol. The minimum Gasteiger partial charge on any atom is -0.378 e. The Labute approximate surface area is 219 Å². The zero-order valence-corrected chi connectivity index (χ0v) is 21.7. The van der Waals surface area contributed by atoms with Crippen LogP contribution >= 0.6 is 0 Å². The molecule has 0 spiro atoms. The molecule has 6 heteroatoms. The fourth-order valence-corrected chi connectivity index (χ4v) is 4.99. The molecule has 5 rings (SSSR count). The van der Waals surface area contributed by atoms with Crippen molar-refractivity contribution in [3.63, 3.8) is 0 Å². The number of hydrogen-bond acceptors (Lipinski definition) is 5. The summed E-state index contributed by atoms with van der Waals surface area (Å²) in [5.41, 5.74) is 6.16. The first kappa shape index (κ1) is 25.8. The molecule has 1 saturated heterocycles. The van der Waals surface area contributed by atoms with Gasteiger partial charge < -0.3 is 24.3 Å². The highest BCUT2D eigenvalue weighted by atomic mass is 16.6. The summed E-state index contributed by atoms with van der Waals surface area (Å²) in [6.45, 7) is 8.74. The van der Waals surface area contributed by atoms with Crippen molar-refractivity contribution >= 4 is 28.2 Å². The van der Waals surface area contributed by atoms with Gasteiger partial charge in [-0.05, 0) is 35.6 Å². The molecule has 2 aliphatic rings. The van der Waals surface area contributed by atoms with Crippen LogP contribution in [-0.4, -0.2) is 76.2 Å². The second-order valence-electron chi connectivity index (χ2n) is 9.21. The summed E-state index contributed by atoms with van der Waals surface area (Å²) in [5.74, 6) is 0. The van der Waals surface area contributed by atoms with Crippen molar-refractivity contribution in [3.05, 3.63) is 83.4 Å². The summed E-state index contributed by atoms with van der Waals surface area (Å²) >= 11 is 0. The molecule has 0 saturated carbocycles. The summed E-state index contributed by atoms with van der Waals surface area (Å²) in [6, 6.07) is 21.8.